The summed E-state index contributed by atoms with van der Waals surface area (Å²) in [5, 5.41) is 8.20. The monoisotopic (exact) mass is 249 g/mol. The zero-order valence-electron chi connectivity index (χ0n) is 12.5. The largest absolute Gasteiger partial charge is 0.310 e. The van der Waals surface area contributed by atoms with E-state index in [1.54, 1.807) is 0 Å². The number of nitrogens with zero attached hydrogens (tertiary/aromatic N) is 2. The van der Waals surface area contributed by atoms with E-state index in [-0.39, 0.29) is 0 Å². The molecular formula is C15H27N3. The average Bonchev–Trinajstić information content (AvgIpc) is 2.82. The standard InChI is InChI=1S/C15H27N3/c1-10-6-7-14(8-10)9-16-11(2)15-12(3)17-18(5)13(15)4/h10-11,14,16H,6-9H2,1-5H3. The fourth-order valence-corrected chi connectivity index (χ4v) is 3.37. The van der Waals surface area contributed by atoms with Crippen molar-refractivity contribution in [2.45, 2.75) is 53.0 Å². The van der Waals surface area contributed by atoms with Crippen molar-refractivity contribution in [1.82, 2.24) is 15.1 Å². The molecule has 1 heterocycles. The highest BCUT2D eigenvalue weighted by atomic mass is 15.3. The Morgan fingerprint density at radius 1 is 1.39 bits per heavy atom. The number of nitrogens with one attached hydrogen (secondary N) is 1. The first-order valence-corrected chi connectivity index (χ1v) is 7.22. The number of aryl methyl sites for hydroxylation is 2. The summed E-state index contributed by atoms with van der Waals surface area (Å²) in [5.41, 5.74) is 3.82. The molecule has 0 saturated heterocycles. The normalized spacial score (nSPS) is 25.6. The Morgan fingerprint density at radius 3 is 2.61 bits per heavy atom. The molecule has 0 bridgehead atoms. The summed E-state index contributed by atoms with van der Waals surface area (Å²) >= 11 is 0. The van der Waals surface area contributed by atoms with Crippen LogP contribution in [0.25, 0.3) is 0 Å². The fourth-order valence-electron chi connectivity index (χ4n) is 3.37. The lowest BCUT2D eigenvalue weighted by Crippen LogP contribution is -2.25. The summed E-state index contributed by atoms with van der Waals surface area (Å²) in [6.07, 6.45) is 4.20. The lowest BCUT2D eigenvalue weighted by Gasteiger charge is -2.18. The van der Waals surface area contributed by atoms with Crippen LogP contribution in [0.1, 0.15) is 56.1 Å². The van der Waals surface area contributed by atoms with Gasteiger partial charge in [-0.2, -0.15) is 5.10 Å². The van der Waals surface area contributed by atoms with Crippen LogP contribution in [0.2, 0.25) is 0 Å². The fraction of sp³-hybridized carbons (Fsp3) is 0.800. The van der Waals surface area contributed by atoms with E-state index in [0.717, 1.165) is 24.1 Å². The molecule has 0 spiro atoms. The van der Waals surface area contributed by atoms with Gasteiger partial charge in [-0.1, -0.05) is 13.3 Å². The molecule has 3 unspecified atom stereocenters. The van der Waals surface area contributed by atoms with Crippen LogP contribution in [0, 0.1) is 25.7 Å². The minimum atomic E-state index is 0.412. The van der Waals surface area contributed by atoms with Crippen LogP contribution in [0.5, 0.6) is 0 Å². The first kappa shape index (κ1) is 13.6. The maximum absolute atomic E-state index is 4.50. The lowest BCUT2D eigenvalue weighted by atomic mass is 10.0. The van der Waals surface area contributed by atoms with E-state index < -0.39 is 0 Å². The zero-order valence-corrected chi connectivity index (χ0v) is 12.5. The third kappa shape index (κ3) is 2.77. The highest BCUT2D eigenvalue weighted by molar-refractivity contribution is 5.27. The molecule has 18 heavy (non-hydrogen) atoms. The minimum absolute atomic E-state index is 0.412. The van der Waals surface area contributed by atoms with Gasteiger partial charge in [0, 0.05) is 24.3 Å². The van der Waals surface area contributed by atoms with Gasteiger partial charge in [-0.15, -0.1) is 0 Å². The molecule has 1 saturated carbocycles. The van der Waals surface area contributed by atoms with Gasteiger partial charge in [0.05, 0.1) is 5.69 Å². The molecule has 3 heteroatoms. The molecule has 1 aromatic rings. The van der Waals surface area contributed by atoms with E-state index in [1.807, 2.05) is 11.7 Å². The maximum atomic E-state index is 4.50. The van der Waals surface area contributed by atoms with Gasteiger partial charge < -0.3 is 5.32 Å². The molecule has 3 atom stereocenters. The first-order valence-electron chi connectivity index (χ1n) is 7.22. The molecule has 3 nitrogen and oxygen atoms in total. The molecule has 0 aliphatic heterocycles. The molecule has 1 fully saturated rings. The second-order valence-corrected chi connectivity index (χ2v) is 6.12. The van der Waals surface area contributed by atoms with Gasteiger partial charge in [0.1, 0.15) is 0 Å². The number of rotatable bonds is 4. The molecule has 1 N–H and O–H groups in total. The molecule has 1 aliphatic carbocycles. The highest BCUT2D eigenvalue weighted by Crippen LogP contribution is 2.30. The summed E-state index contributed by atoms with van der Waals surface area (Å²) in [5.74, 6) is 1.80. The molecular weight excluding hydrogens is 222 g/mol. The van der Waals surface area contributed by atoms with Crippen LogP contribution < -0.4 is 5.32 Å². The molecule has 0 amide bonds. The Bertz CT molecular complexity index is 408. The molecule has 0 aromatic carbocycles. The summed E-state index contributed by atoms with van der Waals surface area (Å²) in [7, 11) is 2.03. The SMILES string of the molecule is Cc1nn(C)c(C)c1C(C)NCC1CCC(C)C1. The molecule has 0 radical (unpaired) electrons. The quantitative estimate of drug-likeness (QED) is 0.888. The molecule has 102 valence electrons. The van der Waals surface area contributed by atoms with E-state index in [4.69, 9.17) is 0 Å². The van der Waals surface area contributed by atoms with Gasteiger partial charge in [-0.05, 0) is 52.0 Å². The van der Waals surface area contributed by atoms with Gasteiger partial charge in [0.2, 0.25) is 0 Å². The Hall–Kier alpha value is -0.830. The van der Waals surface area contributed by atoms with Crippen molar-refractivity contribution in [1.29, 1.82) is 0 Å². The van der Waals surface area contributed by atoms with Crippen molar-refractivity contribution in [2.75, 3.05) is 6.54 Å². The molecule has 1 aromatic heterocycles. The first-order chi connectivity index (χ1) is 8.49. The zero-order chi connectivity index (χ0) is 13.3. The number of hydrogen-bond acceptors (Lipinski definition) is 2. The van der Waals surface area contributed by atoms with E-state index in [2.05, 4.69) is 38.1 Å². The van der Waals surface area contributed by atoms with Crippen molar-refractivity contribution in [3.8, 4) is 0 Å². The Morgan fingerprint density at radius 2 is 2.11 bits per heavy atom. The van der Waals surface area contributed by atoms with E-state index in [0.29, 0.717) is 6.04 Å². The number of aromatic nitrogens is 2. The van der Waals surface area contributed by atoms with E-state index >= 15 is 0 Å². The third-order valence-corrected chi connectivity index (χ3v) is 4.51. The van der Waals surface area contributed by atoms with Gasteiger partial charge in [-0.25, -0.2) is 0 Å². The third-order valence-electron chi connectivity index (χ3n) is 4.51. The highest BCUT2D eigenvalue weighted by Gasteiger charge is 2.22. The van der Waals surface area contributed by atoms with Gasteiger partial charge in [0.15, 0.2) is 0 Å². The van der Waals surface area contributed by atoms with E-state index in [1.165, 1.54) is 30.5 Å². The van der Waals surface area contributed by atoms with Crippen LogP contribution >= 0.6 is 0 Å². The second kappa shape index (κ2) is 5.43. The predicted molar refractivity (Wildman–Crippen MR) is 75.6 cm³/mol. The van der Waals surface area contributed by atoms with Crippen LogP contribution in [-0.4, -0.2) is 16.3 Å². The Labute approximate surface area is 111 Å². The van der Waals surface area contributed by atoms with Crippen LogP contribution in [0.4, 0.5) is 0 Å². The van der Waals surface area contributed by atoms with Crippen molar-refractivity contribution in [2.24, 2.45) is 18.9 Å². The predicted octanol–water partition coefficient (Wildman–Crippen LogP) is 3.12. The Kier molecular flexibility index (Phi) is 4.10. The van der Waals surface area contributed by atoms with Crippen LogP contribution in [0.15, 0.2) is 0 Å². The Balaban J connectivity index is 1.93. The lowest BCUT2D eigenvalue weighted by molar-refractivity contribution is 0.439. The van der Waals surface area contributed by atoms with Gasteiger partial charge >= 0.3 is 0 Å². The van der Waals surface area contributed by atoms with Crippen molar-refractivity contribution >= 4 is 0 Å². The second-order valence-electron chi connectivity index (χ2n) is 6.12. The van der Waals surface area contributed by atoms with Crippen molar-refractivity contribution < 1.29 is 0 Å². The number of hydrogen-bond donors (Lipinski definition) is 1. The summed E-state index contributed by atoms with van der Waals surface area (Å²) in [6, 6.07) is 0.412. The van der Waals surface area contributed by atoms with Gasteiger partial charge in [0.25, 0.3) is 0 Å². The van der Waals surface area contributed by atoms with Crippen LogP contribution in [0.3, 0.4) is 0 Å². The van der Waals surface area contributed by atoms with Gasteiger partial charge in [-0.3, -0.25) is 4.68 Å². The van der Waals surface area contributed by atoms with Crippen LogP contribution in [-0.2, 0) is 7.05 Å². The smallest absolute Gasteiger partial charge is 0.0644 e. The van der Waals surface area contributed by atoms with E-state index in [9.17, 15) is 0 Å². The topological polar surface area (TPSA) is 29.9 Å². The molecule has 2 rings (SSSR count). The minimum Gasteiger partial charge on any atom is -0.310 e. The average molecular weight is 249 g/mol. The van der Waals surface area contributed by atoms with Crippen molar-refractivity contribution in [3.63, 3.8) is 0 Å². The summed E-state index contributed by atoms with van der Waals surface area (Å²) in [6.45, 7) is 10.1. The van der Waals surface area contributed by atoms with Crippen molar-refractivity contribution in [3.05, 3.63) is 17.0 Å². The maximum Gasteiger partial charge on any atom is 0.0644 e. The molecule has 1 aliphatic rings. The summed E-state index contributed by atoms with van der Waals surface area (Å²) in [4.78, 5) is 0. The summed E-state index contributed by atoms with van der Waals surface area (Å²) < 4.78 is 1.99.